The molecule has 2 rings (SSSR count). The molecular formula is C14H23N3OS2. The van der Waals surface area contributed by atoms with Gasteiger partial charge < -0.3 is 10.6 Å². The van der Waals surface area contributed by atoms with Gasteiger partial charge in [-0.05, 0) is 32.4 Å². The molecule has 1 fully saturated rings. The van der Waals surface area contributed by atoms with Gasteiger partial charge in [-0.25, -0.2) is 9.78 Å². The van der Waals surface area contributed by atoms with Gasteiger partial charge in [0.25, 0.3) is 0 Å². The van der Waals surface area contributed by atoms with Crippen molar-refractivity contribution in [3.8, 4) is 0 Å². The molecule has 0 aromatic carbocycles. The first-order valence-corrected chi connectivity index (χ1v) is 9.24. The number of nitrogens with zero attached hydrogens (tertiary/aromatic N) is 1. The van der Waals surface area contributed by atoms with Crippen LogP contribution in [0.25, 0.3) is 0 Å². The van der Waals surface area contributed by atoms with Crippen LogP contribution >= 0.6 is 23.1 Å². The van der Waals surface area contributed by atoms with Crippen molar-refractivity contribution >= 4 is 29.1 Å². The number of carbonyl (C=O) groups excluding carboxylic acids is 1. The van der Waals surface area contributed by atoms with Crippen LogP contribution < -0.4 is 10.6 Å². The summed E-state index contributed by atoms with van der Waals surface area (Å²) >= 11 is 3.56. The zero-order valence-corrected chi connectivity index (χ0v) is 13.9. The first-order chi connectivity index (χ1) is 9.58. The van der Waals surface area contributed by atoms with Crippen LogP contribution in [0.15, 0.2) is 5.38 Å². The minimum absolute atomic E-state index is 0.0446. The second kappa shape index (κ2) is 7.31. The van der Waals surface area contributed by atoms with E-state index in [2.05, 4.69) is 28.8 Å². The van der Waals surface area contributed by atoms with E-state index >= 15 is 0 Å². The summed E-state index contributed by atoms with van der Waals surface area (Å²) in [5.41, 5.74) is 1.05. The number of aryl methyl sites for hydroxylation is 1. The van der Waals surface area contributed by atoms with E-state index in [9.17, 15) is 4.79 Å². The molecule has 0 saturated heterocycles. The number of aromatic nitrogens is 1. The monoisotopic (exact) mass is 313 g/mol. The van der Waals surface area contributed by atoms with Crippen LogP contribution in [0.3, 0.4) is 0 Å². The largest absolute Gasteiger partial charge is 0.337 e. The SMILES string of the molecule is CS[C@@H]1CC[C@H](NC(=O)NC[C@H](C)c2nc(C)cs2)C1. The molecule has 0 radical (unpaired) electrons. The molecule has 0 bridgehead atoms. The Morgan fingerprint density at radius 2 is 2.40 bits per heavy atom. The third-order valence-corrected chi connectivity index (χ3v) is 5.97. The minimum Gasteiger partial charge on any atom is -0.337 e. The van der Waals surface area contributed by atoms with Crippen molar-refractivity contribution in [1.29, 1.82) is 0 Å². The third kappa shape index (κ3) is 4.38. The first-order valence-electron chi connectivity index (χ1n) is 7.07. The highest BCUT2D eigenvalue weighted by Gasteiger charge is 2.25. The summed E-state index contributed by atoms with van der Waals surface area (Å²) < 4.78 is 0. The second-order valence-corrected chi connectivity index (χ2v) is 7.48. The fourth-order valence-electron chi connectivity index (χ4n) is 2.45. The van der Waals surface area contributed by atoms with Gasteiger partial charge in [-0.3, -0.25) is 0 Å². The predicted octanol–water partition coefficient (Wildman–Crippen LogP) is 3.14. The van der Waals surface area contributed by atoms with E-state index in [1.165, 1.54) is 6.42 Å². The molecule has 1 aromatic rings. The topological polar surface area (TPSA) is 54.0 Å². The van der Waals surface area contributed by atoms with E-state index in [1.807, 2.05) is 24.1 Å². The van der Waals surface area contributed by atoms with Gasteiger partial charge in [-0.1, -0.05) is 6.92 Å². The number of hydrogen-bond acceptors (Lipinski definition) is 4. The normalized spacial score (nSPS) is 23.6. The van der Waals surface area contributed by atoms with Crippen molar-refractivity contribution in [1.82, 2.24) is 15.6 Å². The van der Waals surface area contributed by atoms with E-state index in [0.717, 1.165) is 23.5 Å². The van der Waals surface area contributed by atoms with Crippen LogP contribution in [0.4, 0.5) is 4.79 Å². The Bertz CT molecular complexity index is 449. The Kier molecular flexibility index (Phi) is 5.72. The molecule has 1 aliphatic carbocycles. The molecule has 20 heavy (non-hydrogen) atoms. The molecule has 1 aliphatic rings. The average molecular weight is 313 g/mol. The average Bonchev–Trinajstić information content (AvgIpc) is 3.05. The molecule has 4 nitrogen and oxygen atoms in total. The predicted molar refractivity (Wildman–Crippen MR) is 86.7 cm³/mol. The summed E-state index contributed by atoms with van der Waals surface area (Å²) in [5.74, 6) is 0.266. The summed E-state index contributed by atoms with van der Waals surface area (Å²) in [4.78, 5) is 16.3. The lowest BCUT2D eigenvalue weighted by atomic mass is 10.2. The molecule has 1 saturated carbocycles. The number of carbonyl (C=O) groups is 1. The fourth-order valence-corrected chi connectivity index (χ4v) is 4.11. The minimum atomic E-state index is -0.0446. The van der Waals surface area contributed by atoms with Crippen molar-refractivity contribution in [2.45, 2.75) is 50.3 Å². The van der Waals surface area contributed by atoms with Crippen molar-refractivity contribution in [2.75, 3.05) is 12.8 Å². The Hall–Kier alpha value is -0.750. The summed E-state index contributed by atoms with van der Waals surface area (Å²) in [5, 5.41) is 9.88. The molecule has 0 spiro atoms. The van der Waals surface area contributed by atoms with Crippen LogP contribution in [0.2, 0.25) is 0 Å². The van der Waals surface area contributed by atoms with Crippen LogP contribution in [0, 0.1) is 6.92 Å². The zero-order valence-electron chi connectivity index (χ0n) is 12.3. The molecule has 0 unspecified atom stereocenters. The van der Waals surface area contributed by atoms with Gasteiger partial charge in [0, 0.05) is 34.8 Å². The van der Waals surface area contributed by atoms with E-state index in [4.69, 9.17) is 0 Å². The van der Waals surface area contributed by atoms with Gasteiger partial charge in [0.1, 0.15) is 0 Å². The summed E-state index contributed by atoms with van der Waals surface area (Å²) in [7, 11) is 0. The van der Waals surface area contributed by atoms with Crippen LogP contribution in [0.5, 0.6) is 0 Å². The molecule has 2 amide bonds. The Morgan fingerprint density at radius 1 is 1.60 bits per heavy atom. The molecule has 6 heteroatoms. The zero-order chi connectivity index (χ0) is 14.5. The standard InChI is InChI=1S/C14H23N3OS2/c1-9(13-16-10(2)8-20-13)7-15-14(18)17-11-4-5-12(6-11)19-3/h8-9,11-12H,4-7H2,1-3H3,(H2,15,17,18)/t9-,11-,12+/m0/s1. The van der Waals surface area contributed by atoms with Crippen molar-refractivity contribution in [3.63, 3.8) is 0 Å². The number of urea groups is 1. The number of rotatable bonds is 5. The van der Waals surface area contributed by atoms with Crippen molar-refractivity contribution in [2.24, 2.45) is 0 Å². The number of thioether (sulfide) groups is 1. The lowest BCUT2D eigenvalue weighted by Gasteiger charge is -2.15. The molecular weight excluding hydrogens is 290 g/mol. The maximum absolute atomic E-state index is 11.9. The highest BCUT2D eigenvalue weighted by Crippen LogP contribution is 2.28. The maximum atomic E-state index is 11.9. The highest BCUT2D eigenvalue weighted by molar-refractivity contribution is 7.99. The Morgan fingerprint density at radius 3 is 3.00 bits per heavy atom. The molecule has 2 N–H and O–H groups in total. The van der Waals surface area contributed by atoms with Gasteiger partial charge in [0.05, 0.1) is 5.01 Å². The summed E-state index contributed by atoms with van der Waals surface area (Å²) in [6.45, 7) is 4.73. The highest BCUT2D eigenvalue weighted by atomic mass is 32.2. The van der Waals surface area contributed by atoms with E-state index < -0.39 is 0 Å². The quantitative estimate of drug-likeness (QED) is 0.878. The van der Waals surface area contributed by atoms with Crippen molar-refractivity contribution in [3.05, 3.63) is 16.1 Å². The first kappa shape index (κ1) is 15.6. The Labute approximate surface area is 129 Å². The van der Waals surface area contributed by atoms with Gasteiger partial charge >= 0.3 is 6.03 Å². The lowest BCUT2D eigenvalue weighted by Crippen LogP contribution is -2.42. The number of nitrogens with one attached hydrogen (secondary N) is 2. The van der Waals surface area contributed by atoms with Gasteiger partial charge in [-0.15, -0.1) is 11.3 Å². The van der Waals surface area contributed by atoms with Crippen LogP contribution in [-0.4, -0.2) is 35.1 Å². The maximum Gasteiger partial charge on any atom is 0.315 e. The van der Waals surface area contributed by atoms with E-state index in [-0.39, 0.29) is 11.9 Å². The van der Waals surface area contributed by atoms with E-state index in [0.29, 0.717) is 17.8 Å². The molecule has 112 valence electrons. The molecule has 1 heterocycles. The second-order valence-electron chi connectivity index (χ2n) is 5.45. The molecule has 3 atom stereocenters. The molecule has 1 aromatic heterocycles. The van der Waals surface area contributed by atoms with Gasteiger partial charge in [0.2, 0.25) is 0 Å². The fraction of sp³-hybridized carbons (Fsp3) is 0.714. The van der Waals surface area contributed by atoms with Gasteiger partial charge in [-0.2, -0.15) is 11.8 Å². The number of hydrogen-bond donors (Lipinski definition) is 2. The van der Waals surface area contributed by atoms with Crippen molar-refractivity contribution < 1.29 is 4.79 Å². The van der Waals surface area contributed by atoms with Gasteiger partial charge in [0.15, 0.2) is 0 Å². The number of amides is 2. The Balaban J connectivity index is 1.70. The summed E-state index contributed by atoms with van der Waals surface area (Å²) in [6, 6.07) is 0.293. The third-order valence-electron chi connectivity index (χ3n) is 3.68. The number of thiazole rings is 1. The molecule has 0 aliphatic heterocycles. The summed E-state index contributed by atoms with van der Waals surface area (Å²) in [6.07, 6.45) is 5.54. The van der Waals surface area contributed by atoms with Crippen LogP contribution in [-0.2, 0) is 0 Å². The lowest BCUT2D eigenvalue weighted by molar-refractivity contribution is 0.236. The van der Waals surface area contributed by atoms with E-state index in [1.54, 1.807) is 11.3 Å². The van der Waals surface area contributed by atoms with Crippen LogP contribution in [0.1, 0.15) is 42.8 Å². The smallest absolute Gasteiger partial charge is 0.315 e.